The summed E-state index contributed by atoms with van der Waals surface area (Å²) in [6, 6.07) is 17.3. The fourth-order valence-corrected chi connectivity index (χ4v) is 5.31. The Kier molecular flexibility index (Phi) is 7.91. The molecule has 2 aromatic carbocycles. The Morgan fingerprint density at radius 2 is 1.78 bits per heavy atom. The molecule has 1 aliphatic heterocycles. The number of aryl methyl sites for hydroxylation is 1. The SMILES string of the molecule is CCc1ccc(/C=C2\SC(=S)N(CCCC(=O)Nc3c(C)n(C)n(-c4ccccc4)c3=O)C2=O)cc1. The number of hydrogen-bond donors (Lipinski definition) is 1. The smallest absolute Gasteiger partial charge is 0.295 e. The van der Waals surface area contributed by atoms with E-state index in [-0.39, 0.29) is 29.5 Å². The molecule has 1 N–H and O–H groups in total. The molecule has 1 aliphatic rings. The summed E-state index contributed by atoms with van der Waals surface area (Å²) >= 11 is 6.69. The average Bonchev–Trinajstić information content (AvgIpc) is 3.26. The molecule has 4 rings (SSSR count). The number of rotatable bonds is 8. The van der Waals surface area contributed by atoms with Crippen LogP contribution in [-0.4, -0.2) is 36.9 Å². The molecule has 2 amide bonds. The van der Waals surface area contributed by atoms with Gasteiger partial charge >= 0.3 is 0 Å². The van der Waals surface area contributed by atoms with Gasteiger partial charge in [0, 0.05) is 20.0 Å². The number of nitrogens with one attached hydrogen (secondary N) is 1. The average molecular weight is 521 g/mol. The monoisotopic (exact) mass is 520 g/mol. The first-order valence-corrected chi connectivity index (χ1v) is 13.0. The Hall–Kier alpha value is -3.43. The van der Waals surface area contributed by atoms with Crippen LogP contribution in [0.15, 0.2) is 64.3 Å². The van der Waals surface area contributed by atoms with Crippen LogP contribution in [0.2, 0.25) is 0 Å². The molecule has 0 unspecified atom stereocenters. The number of thioether (sulfide) groups is 1. The van der Waals surface area contributed by atoms with E-state index in [1.165, 1.54) is 26.9 Å². The summed E-state index contributed by atoms with van der Waals surface area (Å²) in [7, 11) is 1.78. The number of aromatic nitrogens is 2. The highest BCUT2D eigenvalue weighted by atomic mass is 32.2. The second kappa shape index (κ2) is 11.1. The summed E-state index contributed by atoms with van der Waals surface area (Å²) in [5.41, 5.74) is 3.54. The lowest BCUT2D eigenvalue weighted by molar-refractivity contribution is -0.122. The van der Waals surface area contributed by atoms with E-state index in [1.807, 2.05) is 60.7 Å². The van der Waals surface area contributed by atoms with Gasteiger partial charge in [0.25, 0.3) is 11.5 Å². The Bertz CT molecular complexity index is 1390. The lowest BCUT2D eigenvalue weighted by Crippen LogP contribution is -2.30. The summed E-state index contributed by atoms with van der Waals surface area (Å²) < 4.78 is 3.73. The van der Waals surface area contributed by atoms with Gasteiger partial charge in [-0.05, 0) is 49.1 Å². The fraction of sp³-hybridized carbons (Fsp3) is 0.259. The van der Waals surface area contributed by atoms with E-state index in [1.54, 1.807) is 18.7 Å². The van der Waals surface area contributed by atoms with Crippen molar-refractivity contribution in [1.82, 2.24) is 14.3 Å². The fourth-order valence-electron chi connectivity index (χ4n) is 4.01. The van der Waals surface area contributed by atoms with Gasteiger partial charge in [0.1, 0.15) is 10.0 Å². The van der Waals surface area contributed by atoms with E-state index in [0.717, 1.165) is 17.7 Å². The van der Waals surface area contributed by atoms with Crippen molar-refractivity contribution in [3.8, 4) is 5.69 Å². The highest BCUT2D eigenvalue weighted by Crippen LogP contribution is 2.32. The van der Waals surface area contributed by atoms with Gasteiger partial charge < -0.3 is 5.32 Å². The van der Waals surface area contributed by atoms with Crippen LogP contribution in [-0.2, 0) is 23.1 Å². The third kappa shape index (κ3) is 5.37. The molecule has 1 saturated heterocycles. The third-order valence-corrected chi connectivity index (χ3v) is 7.54. The van der Waals surface area contributed by atoms with E-state index < -0.39 is 0 Å². The van der Waals surface area contributed by atoms with Crippen molar-refractivity contribution in [2.75, 3.05) is 11.9 Å². The van der Waals surface area contributed by atoms with Gasteiger partial charge in [-0.2, -0.15) is 0 Å². The molecule has 9 heteroatoms. The van der Waals surface area contributed by atoms with Crippen molar-refractivity contribution in [3.05, 3.63) is 86.7 Å². The number of anilines is 1. The van der Waals surface area contributed by atoms with Gasteiger partial charge in [0.15, 0.2) is 0 Å². The molecule has 0 bridgehead atoms. The standard InChI is InChI=1S/C27H28N4O3S2/c1-4-19-12-14-20(15-13-19)17-22-25(33)30(27(35)36-22)16-8-11-23(32)28-24-18(2)29(3)31(26(24)34)21-9-6-5-7-10-21/h5-7,9-10,12-15,17H,4,8,11,16H2,1-3H3,(H,28,32)/b22-17-. The quantitative estimate of drug-likeness (QED) is 0.345. The number of amides is 2. The lowest BCUT2D eigenvalue weighted by Gasteiger charge is -2.14. The Morgan fingerprint density at radius 3 is 2.44 bits per heavy atom. The number of benzene rings is 2. The van der Waals surface area contributed by atoms with Gasteiger partial charge in [-0.1, -0.05) is 73.4 Å². The van der Waals surface area contributed by atoms with Crippen LogP contribution in [0.3, 0.4) is 0 Å². The topological polar surface area (TPSA) is 76.3 Å². The van der Waals surface area contributed by atoms with Crippen LogP contribution in [0.1, 0.15) is 36.6 Å². The van der Waals surface area contributed by atoms with Crippen LogP contribution in [0.25, 0.3) is 11.8 Å². The first kappa shape index (κ1) is 25.7. The van der Waals surface area contributed by atoms with Crippen molar-refractivity contribution in [2.24, 2.45) is 7.05 Å². The van der Waals surface area contributed by atoms with Gasteiger partial charge in [0.2, 0.25) is 5.91 Å². The zero-order valence-corrected chi connectivity index (χ0v) is 22.1. The van der Waals surface area contributed by atoms with E-state index in [2.05, 4.69) is 12.2 Å². The maximum absolute atomic E-state index is 13.0. The lowest BCUT2D eigenvalue weighted by atomic mass is 10.1. The van der Waals surface area contributed by atoms with Crippen LogP contribution >= 0.6 is 24.0 Å². The minimum absolute atomic E-state index is 0.144. The van der Waals surface area contributed by atoms with Gasteiger partial charge in [-0.15, -0.1) is 0 Å². The molecular weight excluding hydrogens is 492 g/mol. The number of carbonyl (C=O) groups excluding carboxylic acids is 2. The second-order valence-corrected chi connectivity index (χ2v) is 10.2. The molecule has 3 aromatic rings. The predicted molar refractivity (Wildman–Crippen MR) is 149 cm³/mol. The first-order chi connectivity index (χ1) is 17.3. The van der Waals surface area contributed by atoms with Crippen LogP contribution < -0.4 is 10.9 Å². The number of nitrogens with zero attached hydrogens (tertiary/aromatic N) is 3. The largest absolute Gasteiger partial charge is 0.320 e. The maximum atomic E-state index is 13.0. The van der Waals surface area contributed by atoms with E-state index in [4.69, 9.17) is 12.2 Å². The summed E-state index contributed by atoms with van der Waals surface area (Å²) in [5, 5.41) is 2.76. The summed E-state index contributed by atoms with van der Waals surface area (Å²) in [6.07, 6.45) is 3.40. The first-order valence-electron chi connectivity index (χ1n) is 11.8. The molecule has 0 spiro atoms. The zero-order valence-electron chi connectivity index (χ0n) is 20.5. The summed E-state index contributed by atoms with van der Waals surface area (Å²) in [5.74, 6) is -0.423. The van der Waals surface area contributed by atoms with Crippen molar-refractivity contribution in [1.29, 1.82) is 0 Å². The minimum atomic E-state index is -0.288. The van der Waals surface area contributed by atoms with Gasteiger partial charge in [-0.3, -0.25) is 24.0 Å². The Labute approximate surface area is 219 Å². The molecule has 7 nitrogen and oxygen atoms in total. The van der Waals surface area contributed by atoms with Gasteiger partial charge in [0.05, 0.1) is 16.3 Å². The molecular formula is C27H28N4O3S2. The highest BCUT2D eigenvalue weighted by Gasteiger charge is 2.31. The minimum Gasteiger partial charge on any atom is -0.320 e. The van der Waals surface area contributed by atoms with Crippen LogP contribution in [0, 0.1) is 6.92 Å². The molecule has 0 radical (unpaired) electrons. The normalized spacial score (nSPS) is 14.6. The molecule has 0 saturated carbocycles. The zero-order chi connectivity index (χ0) is 25.8. The number of hydrogen-bond acceptors (Lipinski definition) is 5. The van der Waals surface area contributed by atoms with E-state index in [9.17, 15) is 14.4 Å². The molecule has 1 aromatic heterocycles. The van der Waals surface area contributed by atoms with Crippen LogP contribution in [0.4, 0.5) is 5.69 Å². The predicted octanol–water partition coefficient (Wildman–Crippen LogP) is 4.67. The third-order valence-electron chi connectivity index (χ3n) is 6.16. The number of thiocarbonyl (C=S) groups is 1. The van der Waals surface area contributed by atoms with Crippen molar-refractivity contribution in [2.45, 2.75) is 33.1 Å². The Morgan fingerprint density at radius 1 is 1.08 bits per heavy atom. The number of para-hydroxylation sites is 1. The van der Waals surface area contributed by atoms with Gasteiger partial charge in [-0.25, -0.2) is 4.68 Å². The second-order valence-electron chi connectivity index (χ2n) is 8.52. The molecule has 2 heterocycles. The Balaban J connectivity index is 1.36. The molecule has 0 atom stereocenters. The van der Waals surface area contributed by atoms with Crippen molar-refractivity contribution in [3.63, 3.8) is 0 Å². The molecule has 186 valence electrons. The molecule has 1 fully saturated rings. The van der Waals surface area contributed by atoms with Crippen molar-refractivity contribution >= 4 is 51.9 Å². The molecule has 0 aliphatic carbocycles. The van der Waals surface area contributed by atoms with Crippen molar-refractivity contribution < 1.29 is 9.59 Å². The van der Waals surface area contributed by atoms with E-state index in [0.29, 0.717) is 27.9 Å². The summed E-state index contributed by atoms with van der Waals surface area (Å²) in [6.45, 7) is 4.23. The number of carbonyl (C=O) groups is 2. The molecule has 36 heavy (non-hydrogen) atoms. The van der Waals surface area contributed by atoms with Crippen LogP contribution in [0.5, 0.6) is 0 Å². The van der Waals surface area contributed by atoms with E-state index >= 15 is 0 Å². The summed E-state index contributed by atoms with van der Waals surface area (Å²) in [4.78, 5) is 40.6. The maximum Gasteiger partial charge on any atom is 0.295 e. The highest BCUT2D eigenvalue weighted by molar-refractivity contribution is 8.26.